The minimum Gasteiger partial charge on any atom is -0.480 e. The van der Waals surface area contributed by atoms with Gasteiger partial charge in [0.15, 0.2) is 0 Å². The number of pyridine rings is 1. The number of aliphatic hydroxyl groups excluding tert-OH is 1. The van der Waals surface area contributed by atoms with Crippen LogP contribution in [0.25, 0.3) is 0 Å². The Labute approximate surface area is 111 Å². The highest BCUT2D eigenvalue weighted by Gasteiger charge is 2.32. The van der Waals surface area contributed by atoms with Gasteiger partial charge in [0.1, 0.15) is 11.7 Å². The first kappa shape index (κ1) is 15.9. The number of amides is 1. The lowest BCUT2D eigenvalue weighted by Crippen LogP contribution is -2.41. The standard InChI is InChI=1S/C11H11F3N2O4/c12-11(13,14)8-2-1-6(5-15-8)9(18)16-7(3-4-17)10(19)20/h1-2,5,7,17H,3-4H2,(H,16,18)(H,19,20)/t7-/m0/s1. The molecule has 1 rings (SSSR count). The fourth-order valence-electron chi connectivity index (χ4n) is 1.32. The number of nitrogens with one attached hydrogen (secondary N) is 1. The first-order chi connectivity index (χ1) is 9.25. The van der Waals surface area contributed by atoms with Gasteiger partial charge in [-0.2, -0.15) is 13.2 Å². The van der Waals surface area contributed by atoms with Gasteiger partial charge < -0.3 is 15.5 Å². The normalized spacial score (nSPS) is 12.8. The number of carbonyl (C=O) groups excluding carboxylic acids is 1. The zero-order valence-electron chi connectivity index (χ0n) is 10.0. The second-order valence-corrected chi connectivity index (χ2v) is 3.81. The molecule has 1 heterocycles. The van der Waals surface area contributed by atoms with Crippen LogP contribution in [0.15, 0.2) is 18.3 Å². The van der Waals surface area contributed by atoms with Crippen molar-refractivity contribution >= 4 is 11.9 Å². The Hall–Kier alpha value is -2.16. The van der Waals surface area contributed by atoms with Gasteiger partial charge in [-0.3, -0.25) is 9.78 Å². The van der Waals surface area contributed by atoms with E-state index in [0.29, 0.717) is 12.3 Å². The molecule has 0 aliphatic rings. The molecule has 0 unspecified atom stereocenters. The molecule has 0 aliphatic carbocycles. The Balaban J connectivity index is 2.80. The topological polar surface area (TPSA) is 99.5 Å². The lowest BCUT2D eigenvalue weighted by Gasteiger charge is -2.13. The van der Waals surface area contributed by atoms with Crippen molar-refractivity contribution in [3.63, 3.8) is 0 Å². The lowest BCUT2D eigenvalue weighted by molar-refractivity contribution is -0.141. The maximum absolute atomic E-state index is 12.3. The molecule has 0 saturated carbocycles. The predicted octanol–water partition coefficient (Wildman–Crippen LogP) is 0.666. The molecule has 1 aromatic heterocycles. The summed E-state index contributed by atoms with van der Waals surface area (Å²) in [6.07, 6.45) is -4.12. The van der Waals surface area contributed by atoms with Crippen LogP contribution in [-0.2, 0) is 11.0 Å². The highest BCUT2D eigenvalue weighted by atomic mass is 19.4. The highest BCUT2D eigenvalue weighted by Crippen LogP contribution is 2.27. The number of hydrogen-bond donors (Lipinski definition) is 3. The molecule has 1 aromatic rings. The Kier molecular flexibility index (Phi) is 5.03. The molecular weight excluding hydrogens is 281 g/mol. The van der Waals surface area contributed by atoms with Crippen LogP contribution in [0.4, 0.5) is 13.2 Å². The molecule has 1 amide bonds. The maximum Gasteiger partial charge on any atom is 0.433 e. The average Bonchev–Trinajstić information content (AvgIpc) is 2.37. The summed E-state index contributed by atoms with van der Waals surface area (Å²) in [6, 6.07) is 0.189. The van der Waals surface area contributed by atoms with Crippen molar-refractivity contribution in [2.75, 3.05) is 6.61 Å². The first-order valence-electron chi connectivity index (χ1n) is 5.43. The van der Waals surface area contributed by atoms with Gasteiger partial charge >= 0.3 is 12.1 Å². The number of aromatic nitrogens is 1. The first-order valence-corrected chi connectivity index (χ1v) is 5.43. The third-order valence-corrected chi connectivity index (χ3v) is 2.34. The van der Waals surface area contributed by atoms with E-state index >= 15 is 0 Å². The highest BCUT2D eigenvalue weighted by molar-refractivity contribution is 5.96. The molecule has 9 heteroatoms. The summed E-state index contributed by atoms with van der Waals surface area (Å²) < 4.78 is 36.8. The molecule has 0 spiro atoms. The molecule has 110 valence electrons. The number of nitrogens with zero attached hydrogens (tertiary/aromatic N) is 1. The van der Waals surface area contributed by atoms with Gasteiger partial charge in [0.05, 0.1) is 5.56 Å². The van der Waals surface area contributed by atoms with E-state index < -0.39 is 36.4 Å². The van der Waals surface area contributed by atoms with Crippen LogP contribution in [0, 0.1) is 0 Å². The van der Waals surface area contributed by atoms with Crippen molar-refractivity contribution in [1.82, 2.24) is 10.3 Å². The number of carboxylic acid groups (broad SMARTS) is 1. The summed E-state index contributed by atoms with van der Waals surface area (Å²) in [4.78, 5) is 25.5. The van der Waals surface area contributed by atoms with Crippen LogP contribution in [0.3, 0.4) is 0 Å². The molecule has 20 heavy (non-hydrogen) atoms. The number of aliphatic carboxylic acids is 1. The molecular formula is C11H11F3N2O4. The van der Waals surface area contributed by atoms with E-state index in [0.717, 1.165) is 6.07 Å². The van der Waals surface area contributed by atoms with Gasteiger partial charge in [-0.05, 0) is 12.1 Å². The van der Waals surface area contributed by atoms with Crippen molar-refractivity contribution in [2.24, 2.45) is 0 Å². The second-order valence-electron chi connectivity index (χ2n) is 3.81. The number of alkyl halides is 3. The van der Waals surface area contributed by atoms with E-state index in [-0.39, 0.29) is 12.0 Å². The number of carbonyl (C=O) groups is 2. The van der Waals surface area contributed by atoms with Gasteiger partial charge in [0.25, 0.3) is 5.91 Å². The molecule has 0 radical (unpaired) electrons. The summed E-state index contributed by atoms with van der Waals surface area (Å²) in [7, 11) is 0. The molecule has 1 atom stereocenters. The van der Waals surface area contributed by atoms with E-state index in [1.54, 1.807) is 0 Å². The SMILES string of the molecule is O=C(N[C@@H](CCO)C(=O)O)c1ccc(C(F)(F)F)nc1. The van der Waals surface area contributed by atoms with E-state index in [1.807, 2.05) is 0 Å². The quantitative estimate of drug-likeness (QED) is 0.740. The summed E-state index contributed by atoms with van der Waals surface area (Å²) in [6.45, 7) is -0.456. The number of carboxylic acids is 1. The van der Waals surface area contributed by atoms with Gasteiger partial charge in [-0.25, -0.2) is 4.79 Å². The van der Waals surface area contributed by atoms with Gasteiger partial charge in [-0.1, -0.05) is 0 Å². The van der Waals surface area contributed by atoms with Gasteiger partial charge in [0, 0.05) is 19.2 Å². The lowest BCUT2D eigenvalue weighted by atomic mass is 10.2. The fourth-order valence-corrected chi connectivity index (χ4v) is 1.32. The minimum atomic E-state index is -4.62. The van der Waals surface area contributed by atoms with Crippen molar-refractivity contribution in [3.8, 4) is 0 Å². The number of rotatable bonds is 5. The smallest absolute Gasteiger partial charge is 0.433 e. The third kappa shape index (κ3) is 4.19. The average molecular weight is 292 g/mol. The van der Waals surface area contributed by atoms with Crippen LogP contribution in [0.5, 0.6) is 0 Å². The monoisotopic (exact) mass is 292 g/mol. The number of halogens is 3. The summed E-state index contributed by atoms with van der Waals surface area (Å²) >= 11 is 0. The van der Waals surface area contributed by atoms with Crippen molar-refractivity contribution in [3.05, 3.63) is 29.6 Å². The Bertz CT molecular complexity index is 487. The third-order valence-electron chi connectivity index (χ3n) is 2.34. The van der Waals surface area contributed by atoms with Crippen molar-refractivity contribution in [2.45, 2.75) is 18.6 Å². The van der Waals surface area contributed by atoms with Crippen molar-refractivity contribution < 1.29 is 33.0 Å². The van der Waals surface area contributed by atoms with Crippen LogP contribution < -0.4 is 5.32 Å². The van der Waals surface area contributed by atoms with E-state index in [9.17, 15) is 22.8 Å². The van der Waals surface area contributed by atoms with Crippen LogP contribution in [0.2, 0.25) is 0 Å². The minimum absolute atomic E-state index is 0.206. The summed E-state index contributed by atoms with van der Waals surface area (Å²) in [5.74, 6) is -2.24. The van der Waals surface area contributed by atoms with Gasteiger partial charge in [-0.15, -0.1) is 0 Å². The second kappa shape index (κ2) is 6.33. The largest absolute Gasteiger partial charge is 0.480 e. The van der Waals surface area contributed by atoms with E-state index in [1.165, 1.54) is 0 Å². The molecule has 0 saturated heterocycles. The Morgan fingerprint density at radius 3 is 2.40 bits per heavy atom. The van der Waals surface area contributed by atoms with Crippen LogP contribution in [-0.4, -0.2) is 39.7 Å². The molecule has 0 bridgehead atoms. The van der Waals surface area contributed by atoms with Crippen LogP contribution in [0.1, 0.15) is 22.5 Å². The zero-order valence-corrected chi connectivity index (χ0v) is 10.0. The van der Waals surface area contributed by atoms with Gasteiger partial charge in [0.2, 0.25) is 0 Å². The predicted molar refractivity (Wildman–Crippen MR) is 59.8 cm³/mol. The van der Waals surface area contributed by atoms with E-state index in [4.69, 9.17) is 10.2 Å². The Morgan fingerprint density at radius 2 is 2.00 bits per heavy atom. The fraction of sp³-hybridized carbons (Fsp3) is 0.364. The van der Waals surface area contributed by atoms with Crippen LogP contribution >= 0.6 is 0 Å². The Morgan fingerprint density at radius 1 is 1.35 bits per heavy atom. The number of hydrogen-bond acceptors (Lipinski definition) is 4. The zero-order chi connectivity index (χ0) is 15.3. The maximum atomic E-state index is 12.3. The number of aliphatic hydroxyl groups is 1. The summed E-state index contributed by atoms with van der Waals surface area (Å²) in [5, 5.41) is 19.5. The molecule has 3 N–H and O–H groups in total. The molecule has 6 nitrogen and oxygen atoms in total. The molecule has 0 aliphatic heterocycles. The molecule has 0 aromatic carbocycles. The molecule has 0 fully saturated rings. The summed E-state index contributed by atoms with van der Waals surface area (Å²) in [5.41, 5.74) is -1.36. The van der Waals surface area contributed by atoms with Crippen molar-refractivity contribution in [1.29, 1.82) is 0 Å². The van der Waals surface area contributed by atoms with E-state index in [2.05, 4.69) is 10.3 Å².